The van der Waals surface area contributed by atoms with E-state index in [1.165, 1.54) is 0 Å². The fourth-order valence-electron chi connectivity index (χ4n) is 1.76. The number of amides is 1. The summed E-state index contributed by atoms with van der Waals surface area (Å²) in [6, 6.07) is 5.68. The third-order valence-electron chi connectivity index (χ3n) is 3.30. The summed E-state index contributed by atoms with van der Waals surface area (Å²) in [4.78, 5) is 16.3. The van der Waals surface area contributed by atoms with Gasteiger partial charge in [0.05, 0.1) is 21.3 Å². The summed E-state index contributed by atoms with van der Waals surface area (Å²) in [6.07, 6.45) is 1.25. The molecule has 0 saturated carbocycles. The number of aromatic nitrogens is 1. The molecule has 0 spiro atoms. The van der Waals surface area contributed by atoms with Gasteiger partial charge in [-0.15, -0.1) is 11.3 Å². The van der Waals surface area contributed by atoms with Gasteiger partial charge in [0.25, 0.3) is 0 Å². The van der Waals surface area contributed by atoms with Crippen molar-refractivity contribution in [2.45, 2.75) is 32.2 Å². The molecule has 1 heterocycles. The Morgan fingerprint density at radius 3 is 2.83 bits per heavy atom. The summed E-state index contributed by atoms with van der Waals surface area (Å²) in [5, 5.41) is 2.88. The molecule has 0 saturated heterocycles. The quantitative estimate of drug-likeness (QED) is 0.891. The molecule has 0 aliphatic rings. The Morgan fingerprint density at radius 2 is 2.17 bits per heavy atom. The Balaban J connectivity index is 2.20. The first-order chi connectivity index (χ1) is 8.59. The van der Waals surface area contributed by atoms with Crippen LogP contribution < -0.4 is 11.1 Å². The van der Waals surface area contributed by atoms with Gasteiger partial charge in [0.1, 0.15) is 0 Å². The van der Waals surface area contributed by atoms with E-state index >= 15 is 0 Å². The Bertz CT molecular complexity index is 560. The van der Waals surface area contributed by atoms with E-state index in [0.717, 1.165) is 15.9 Å². The number of fused-ring (bicyclic) bond motifs is 1. The van der Waals surface area contributed by atoms with Crippen LogP contribution in [-0.4, -0.2) is 16.4 Å². The first-order valence-corrected chi connectivity index (χ1v) is 6.90. The molecule has 0 fully saturated rings. The fraction of sp³-hybridized carbons (Fsp3) is 0.385. The number of carbonyl (C=O) groups excluding carboxylic acids is 1. The van der Waals surface area contributed by atoms with E-state index < -0.39 is 5.54 Å². The summed E-state index contributed by atoms with van der Waals surface area (Å²) in [6.45, 7) is 3.85. The molecule has 2 aromatic rings. The van der Waals surface area contributed by atoms with Gasteiger partial charge in [-0.25, -0.2) is 4.98 Å². The van der Waals surface area contributed by atoms with Crippen LogP contribution in [0.3, 0.4) is 0 Å². The molecule has 1 aromatic carbocycles. The molecule has 0 aliphatic carbocycles. The molecule has 4 nitrogen and oxygen atoms in total. The lowest BCUT2D eigenvalue weighted by Gasteiger charge is -2.25. The Hall–Kier alpha value is -1.46. The van der Waals surface area contributed by atoms with Gasteiger partial charge in [-0.3, -0.25) is 4.79 Å². The lowest BCUT2D eigenvalue weighted by Crippen LogP contribution is -2.50. The summed E-state index contributed by atoms with van der Waals surface area (Å²) in [5.74, 6) is -0.128. The number of thiazole rings is 1. The second-order valence-corrected chi connectivity index (χ2v) is 5.24. The molecular weight excluding hydrogens is 246 g/mol. The molecule has 0 radical (unpaired) electrons. The normalized spacial score (nSPS) is 11.7. The van der Waals surface area contributed by atoms with Crippen LogP contribution in [0.5, 0.6) is 0 Å². The van der Waals surface area contributed by atoms with Crippen molar-refractivity contribution < 1.29 is 4.79 Å². The SMILES string of the molecule is CCC(N)(CC)C(=O)Nc1ccc2ncsc2c1. The molecule has 96 valence electrons. The van der Waals surface area contributed by atoms with Crippen molar-refractivity contribution >= 4 is 33.1 Å². The van der Waals surface area contributed by atoms with Crippen LogP contribution in [0.1, 0.15) is 26.7 Å². The Kier molecular flexibility index (Phi) is 3.63. The van der Waals surface area contributed by atoms with Crippen LogP contribution in [0.4, 0.5) is 5.69 Å². The van der Waals surface area contributed by atoms with Crippen molar-refractivity contribution in [3.63, 3.8) is 0 Å². The van der Waals surface area contributed by atoms with Crippen LogP contribution in [0.2, 0.25) is 0 Å². The van der Waals surface area contributed by atoms with Crippen molar-refractivity contribution in [1.29, 1.82) is 0 Å². The number of nitrogens with zero attached hydrogens (tertiary/aromatic N) is 1. The Labute approximate surface area is 110 Å². The van der Waals surface area contributed by atoms with Crippen LogP contribution in [0.25, 0.3) is 10.2 Å². The number of carbonyl (C=O) groups is 1. The molecule has 0 bridgehead atoms. The molecule has 0 atom stereocenters. The van der Waals surface area contributed by atoms with Crippen molar-refractivity contribution in [1.82, 2.24) is 4.98 Å². The maximum Gasteiger partial charge on any atom is 0.244 e. The lowest BCUT2D eigenvalue weighted by atomic mass is 9.93. The molecule has 2 rings (SSSR count). The van der Waals surface area contributed by atoms with Crippen LogP contribution in [-0.2, 0) is 4.79 Å². The van der Waals surface area contributed by atoms with Gasteiger partial charge >= 0.3 is 0 Å². The van der Waals surface area contributed by atoms with Crippen LogP contribution in [0.15, 0.2) is 23.7 Å². The van der Waals surface area contributed by atoms with E-state index in [-0.39, 0.29) is 5.91 Å². The predicted molar refractivity (Wildman–Crippen MR) is 75.8 cm³/mol. The molecule has 18 heavy (non-hydrogen) atoms. The van der Waals surface area contributed by atoms with Crippen molar-refractivity contribution in [3.05, 3.63) is 23.7 Å². The standard InChI is InChI=1S/C13H17N3OS/c1-3-13(14,4-2)12(17)16-9-5-6-10-11(7-9)18-8-15-10/h5-8H,3-4,14H2,1-2H3,(H,16,17). The first kappa shape index (κ1) is 13.0. The lowest BCUT2D eigenvalue weighted by molar-refractivity contribution is -0.121. The van der Waals surface area contributed by atoms with E-state index in [9.17, 15) is 4.79 Å². The third-order valence-corrected chi connectivity index (χ3v) is 4.09. The van der Waals surface area contributed by atoms with Crippen molar-refractivity contribution in [3.8, 4) is 0 Å². The first-order valence-electron chi connectivity index (χ1n) is 6.02. The van der Waals surface area contributed by atoms with Gasteiger partial charge in [0.2, 0.25) is 5.91 Å². The second kappa shape index (κ2) is 5.04. The fourth-order valence-corrected chi connectivity index (χ4v) is 2.48. The van der Waals surface area contributed by atoms with Gasteiger partial charge in [-0.2, -0.15) is 0 Å². The maximum absolute atomic E-state index is 12.1. The number of nitrogens with one attached hydrogen (secondary N) is 1. The number of rotatable bonds is 4. The Morgan fingerprint density at radius 1 is 1.44 bits per heavy atom. The molecule has 3 N–H and O–H groups in total. The smallest absolute Gasteiger partial charge is 0.244 e. The number of hydrogen-bond donors (Lipinski definition) is 2. The zero-order chi connectivity index (χ0) is 13.2. The largest absolute Gasteiger partial charge is 0.324 e. The van der Waals surface area contributed by atoms with Crippen molar-refractivity contribution in [2.75, 3.05) is 5.32 Å². The number of benzene rings is 1. The van der Waals surface area contributed by atoms with Crippen LogP contribution in [0, 0.1) is 0 Å². The highest BCUT2D eigenvalue weighted by Gasteiger charge is 2.29. The highest BCUT2D eigenvalue weighted by molar-refractivity contribution is 7.16. The molecule has 1 amide bonds. The highest BCUT2D eigenvalue weighted by atomic mass is 32.1. The van der Waals surface area contributed by atoms with Crippen molar-refractivity contribution in [2.24, 2.45) is 5.73 Å². The highest BCUT2D eigenvalue weighted by Crippen LogP contribution is 2.23. The zero-order valence-corrected chi connectivity index (χ0v) is 11.4. The summed E-state index contributed by atoms with van der Waals surface area (Å²) in [5.41, 5.74) is 8.78. The zero-order valence-electron chi connectivity index (χ0n) is 10.6. The van der Waals surface area contributed by atoms with Gasteiger partial charge < -0.3 is 11.1 Å². The van der Waals surface area contributed by atoms with Gasteiger partial charge in [-0.1, -0.05) is 13.8 Å². The van der Waals surface area contributed by atoms with Gasteiger partial charge in [-0.05, 0) is 31.0 Å². The number of hydrogen-bond acceptors (Lipinski definition) is 4. The molecule has 5 heteroatoms. The van der Waals surface area contributed by atoms with E-state index in [0.29, 0.717) is 12.8 Å². The average Bonchev–Trinajstić information content (AvgIpc) is 2.85. The molecule has 0 aliphatic heterocycles. The number of anilines is 1. The molecule has 1 aromatic heterocycles. The minimum Gasteiger partial charge on any atom is -0.324 e. The predicted octanol–water partition coefficient (Wildman–Crippen LogP) is 2.75. The maximum atomic E-state index is 12.1. The monoisotopic (exact) mass is 263 g/mol. The van der Waals surface area contributed by atoms with Crippen LogP contribution >= 0.6 is 11.3 Å². The van der Waals surface area contributed by atoms with Gasteiger partial charge in [0.15, 0.2) is 0 Å². The molecule has 0 unspecified atom stereocenters. The third kappa shape index (κ3) is 2.37. The minimum absolute atomic E-state index is 0.128. The summed E-state index contributed by atoms with van der Waals surface area (Å²) in [7, 11) is 0. The average molecular weight is 263 g/mol. The minimum atomic E-state index is -0.789. The topological polar surface area (TPSA) is 68.0 Å². The van der Waals surface area contributed by atoms with E-state index in [2.05, 4.69) is 10.3 Å². The molecular formula is C13H17N3OS. The van der Waals surface area contributed by atoms with Gasteiger partial charge in [0, 0.05) is 5.69 Å². The summed E-state index contributed by atoms with van der Waals surface area (Å²) < 4.78 is 1.06. The second-order valence-electron chi connectivity index (χ2n) is 4.35. The summed E-state index contributed by atoms with van der Waals surface area (Å²) >= 11 is 1.55. The van der Waals surface area contributed by atoms with E-state index in [1.54, 1.807) is 16.8 Å². The van der Waals surface area contributed by atoms with E-state index in [4.69, 9.17) is 5.73 Å². The van der Waals surface area contributed by atoms with E-state index in [1.807, 2.05) is 32.0 Å². The number of nitrogens with two attached hydrogens (primary N) is 1.